The molecule has 0 atom stereocenters. The average Bonchev–Trinajstić information content (AvgIpc) is 2.87. The van der Waals surface area contributed by atoms with E-state index in [1.54, 1.807) is 18.2 Å². The van der Waals surface area contributed by atoms with Gasteiger partial charge in [-0.15, -0.1) is 0 Å². The maximum Gasteiger partial charge on any atom is 0.276 e. The summed E-state index contributed by atoms with van der Waals surface area (Å²) in [6.07, 6.45) is 0. The molecule has 2 rings (SSSR count). The number of guanidine groups is 1. The van der Waals surface area contributed by atoms with E-state index in [-0.39, 0.29) is 5.96 Å². The number of nitrogens with two attached hydrogens (primary N) is 2. The molecule has 1 amide bonds. The number of rotatable bonds is 4. The Hall–Kier alpha value is -2.25. The van der Waals surface area contributed by atoms with Crippen molar-refractivity contribution in [1.29, 1.82) is 5.41 Å². The first-order valence-corrected chi connectivity index (χ1v) is 6.59. The molecule has 0 aliphatic rings. The number of aromatic amines is 1. The molecule has 8 heteroatoms. The van der Waals surface area contributed by atoms with Crippen LogP contribution in [0.5, 0.6) is 5.75 Å². The van der Waals surface area contributed by atoms with Gasteiger partial charge in [-0.3, -0.25) is 15.1 Å². The Bertz CT molecular complexity index is 697. The number of H-pyrrole nitrogens is 1. The Labute approximate surface area is 126 Å². The van der Waals surface area contributed by atoms with Crippen molar-refractivity contribution >= 4 is 34.4 Å². The second-order valence-electron chi connectivity index (χ2n) is 4.44. The van der Waals surface area contributed by atoms with Crippen LogP contribution in [0.15, 0.2) is 18.2 Å². The van der Waals surface area contributed by atoms with Crippen LogP contribution in [0.25, 0.3) is 10.9 Å². The van der Waals surface area contributed by atoms with Gasteiger partial charge in [0.25, 0.3) is 5.91 Å². The van der Waals surface area contributed by atoms with Gasteiger partial charge in [0.1, 0.15) is 18.1 Å². The predicted molar refractivity (Wildman–Crippen MR) is 81.9 cm³/mol. The molecule has 0 unspecified atom stereocenters. The van der Waals surface area contributed by atoms with E-state index in [1.165, 1.54) is 7.05 Å². The lowest BCUT2D eigenvalue weighted by Crippen LogP contribution is -2.38. The molecule has 21 heavy (non-hydrogen) atoms. The summed E-state index contributed by atoms with van der Waals surface area (Å²) in [6.45, 7) is 0.773. The highest BCUT2D eigenvalue weighted by Crippen LogP contribution is 2.30. The molecule has 1 aromatic heterocycles. The van der Waals surface area contributed by atoms with E-state index < -0.39 is 5.91 Å². The van der Waals surface area contributed by atoms with E-state index >= 15 is 0 Å². The Morgan fingerprint density at radius 1 is 1.48 bits per heavy atom. The van der Waals surface area contributed by atoms with Crippen molar-refractivity contribution in [3.05, 3.63) is 28.9 Å². The number of benzene rings is 1. The highest BCUT2D eigenvalue weighted by molar-refractivity contribution is 6.35. The summed E-state index contributed by atoms with van der Waals surface area (Å²) < 4.78 is 5.42. The van der Waals surface area contributed by atoms with Crippen molar-refractivity contribution in [2.75, 3.05) is 20.2 Å². The first-order valence-electron chi connectivity index (χ1n) is 6.21. The molecule has 0 saturated heterocycles. The number of carbonyl (C=O) groups is 1. The third-order valence-electron chi connectivity index (χ3n) is 2.94. The molecule has 1 heterocycles. The highest BCUT2D eigenvalue weighted by atomic mass is 35.5. The molecule has 2 aromatic rings. The third kappa shape index (κ3) is 3.09. The van der Waals surface area contributed by atoms with Crippen LogP contribution in [0, 0.1) is 5.41 Å². The monoisotopic (exact) mass is 309 g/mol. The standard InChI is InChI=1S/C13H16ClN5O2/c1-19(13(16)17)12(20)11-6-8-9(14)4-7(21-3-2-15)5-10(8)18-11/h4-6,18H,2-3,15H2,1H3,(H3,16,17). The van der Waals surface area contributed by atoms with Crippen LogP contribution in [0.3, 0.4) is 0 Å². The van der Waals surface area contributed by atoms with Gasteiger partial charge < -0.3 is 21.2 Å². The fraction of sp³-hybridized carbons (Fsp3) is 0.231. The van der Waals surface area contributed by atoms with Crippen LogP contribution < -0.4 is 16.2 Å². The zero-order valence-electron chi connectivity index (χ0n) is 11.4. The minimum Gasteiger partial charge on any atom is -0.492 e. The van der Waals surface area contributed by atoms with Gasteiger partial charge in [-0.25, -0.2) is 0 Å². The predicted octanol–water partition coefficient (Wildman–Crippen LogP) is 1.12. The first-order chi connectivity index (χ1) is 9.93. The minimum atomic E-state index is -0.417. The van der Waals surface area contributed by atoms with Crippen molar-refractivity contribution in [1.82, 2.24) is 9.88 Å². The number of aromatic nitrogens is 1. The van der Waals surface area contributed by atoms with Gasteiger partial charge >= 0.3 is 0 Å². The molecular weight excluding hydrogens is 294 g/mol. The van der Waals surface area contributed by atoms with Gasteiger partial charge in [-0.1, -0.05) is 11.6 Å². The molecule has 0 fully saturated rings. The van der Waals surface area contributed by atoms with E-state index in [0.717, 1.165) is 4.90 Å². The molecule has 0 bridgehead atoms. The topological polar surface area (TPSA) is 121 Å². The Kier molecular flexibility index (Phi) is 4.35. The maximum absolute atomic E-state index is 12.1. The SMILES string of the molecule is CN(C(=N)N)C(=O)c1cc2c(Cl)cc(OCCN)cc2[nH]1. The fourth-order valence-electron chi connectivity index (χ4n) is 1.83. The summed E-state index contributed by atoms with van der Waals surface area (Å²) in [6, 6.07) is 5.02. The number of nitrogens with one attached hydrogen (secondary N) is 2. The number of nitrogens with zero attached hydrogens (tertiary/aromatic N) is 1. The second kappa shape index (κ2) is 6.02. The molecule has 1 aromatic carbocycles. The van der Waals surface area contributed by atoms with Gasteiger partial charge in [-0.05, 0) is 12.1 Å². The molecule has 7 nitrogen and oxygen atoms in total. The summed E-state index contributed by atoms with van der Waals surface area (Å²) in [5, 5.41) is 8.43. The van der Waals surface area contributed by atoms with Crippen LogP contribution in [0.1, 0.15) is 10.5 Å². The summed E-state index contributed by atoms with van der Waals surface area (Å²) in [5.41, 5.74) is 11.6. The number of carbonyl (C=O) groups excluding carboxylic acids is 1. The van der Waals surface area contributed by atoms with Crippen LogP contribution >= 0.6 is 11.6 Å². The lowest BCUT2D eigenvalue weighted by molar-refractivity contribution is 0.0864. The molecule has 0 spiro atoms. The Balaban J connectivity index is 2.39. The van der Waals surface area contributed by atoms with Gasteiger partial charge in [0.2, 0.25) is 0 Å². The number of hydrogen-bond acceptors (Lipinski definition) is 4. The lowest BCUT2D eigenvalue weighted by atomic mass is 10.2. The van der Waals surface area contributed by atoms with E-state index in [2.05, 4.69) is 4.98 Å². The van der Waals surface area contributed by atoms with Crippen LogP contribution in [0.4, 0.5) is 0 Å². The minimum absolute atomic E-state index is 0.292. The summed E-state index contributed by atoms with van der Waals surface area (Å²) in [7, 11) is 1.42. The van der Waals surface area contributed by atoms with Crippen molar-refractivity contribution in [3.63, 3.8) is 0 Å². The van der Waals surface area contributed by atoms with E-state index in [0.29, 0.717) is 40.5 Å². The Morgan fingerprint density at radius 3 is 2.81 bits per heavy atom. The number of ether oxygens (including phenoxy) is 1. The molecular formula is C13H16ClN5O2. The van der Waals surface area contributed by atoms with Crippen molar-refractivity contribution in [2.45, 2.75) is 0 Å². The van der Waals surface area contributed by atoms with Gasteiger partial charge in [0.05, 0.1) is 10.5 Å². The molecule has 0 aliphatic heterocycles. The van der Waals surface area contributed by atoms with E-state index in [9.17, 15) is 4.79 Å². The summed E-state index contributed by atoms with van der Waals surface area (Å²) in [4.78, 5) is 16.1. The largest absolute Gasteiger partial charge is 0.492 e. The molecule has 0 radical (unpaired) electrons. The second-order valence-corrected chi connectivity index (χ2v) is 4.84. The quantitative estimate of drug-likeness (QED) is 0.499. The molecule has 0 saturated carbocycles. The van der Waals surface area contributed by atoms with E-state index in [1.807, 2.05) is 0 Å². The molecule has 112 valence electrons. The van der Waals surface area contributed by atoms with Gasteiger partial charge in [0, 0.05) is 25.0 Å². The first kappa shape index (κ1) is 15.1. The smallest absolute Gasteiger partial charge is 0.276 e. The van der Waals surface area contributed by atoms with Gasteiger partial charge in [-0.2, -0.15) is 0 Å². The zero-order chi connectivity index (χ0) is 15.6. The van der Waals surface area contributed by atoms with E-state index in [4.69, 9.17) is 33.2 Å². The number of halogens is 1. The lowest BCUT2D eigenvalue weighted by Gasteiger charge is -2.12. The normalized spacial score (nSPS) is 10.6. The average molecular weight is 310 g/mol. The highest BCUT2D eigenvalue weighted by Gasteiger charge is 2.17. The van der Waals surface area contributed by atoms with Crippen molar-refractivity contribution in [3.8, 4) is 5.75 Å². The summed E-state index contributed by atoms with van der Waals surface area (Å²) >= 11 is 6.18. The van der Waals surface area contributed by atoms with Crippen molar-refractivity contribution in [2.24, 2.45) is 11.5 Å². The molecule has 6 N–H and O–H groups in total. The number of amides is 1. The molecule has 0 aliphatic carbocycles. The van der Waals surface area contributed by atoms with Gasteiger partial charge in [0.15, 0.2) is 5.96 Å². The maximum atomic E-state index is 12.1. The van der Waals surface area contributed by atoms with Crippen LogP contribution in [-0.4, -0.2) is 41.9 Å². The number of fused-ring (bicyclic) bond motifs is 1. The van der Waals surface area contributed by atoms with Crippen LogP contribution in [-0.2, 0) is 0 Å². The summed E-state index contributed by atoms with van der Waals surface area (Å²) in [5.74, 6) is -0.186. The zero-order valence-corrected chi connectivity index (χ0v) is 12.2. The Morgan fingerprint density at radius 2 is 2.19 bits per heavy atom. The van der Waals surface area contributed by atoms with Crippen molar-refractivity contribution < 1.29 is 9.53 Å². The van der Waals surface area contributed by atoms with Crippen LogP contribution in [0.2, 0.25) is 5.02 Å². The third-order valence-corrected chi connectivity index (χ3v) is 3.26. The fourth-order valence-corrected chi connectivity index (χ4v) is 2.10. The number of hydrogen-bond donors (Lipinski definition) is 4.